The van der Waals surface area contributed by atoms with Crippen LogP contribution in [0.25, 0.3) is 0 Å². The van der Waals surface area contributed by atoms with Crippen LogP contribution >= 0.6 is 11.3 Å². The van der Waals surface area contributed by atoms with Crippen molar-refractivity contribution < 1.29 is 4.74 Å². The van der Waals surface area contributed by atoms with E-state index in [-0.39, 0.29) is 0 Å². The highest BCUT2D eigenvalue weighted by Crippen LogP contribution is 2.13. The minimum absolute atomic E-state index is 0.558. The van der Waals surface area contributed by atoms with E-state index in [0.717, 1.165) is 42.6 Å². The lowest BCUT2D eigenvalue weighted by atomic mass is 10.4. The van der Waals surface area contributed by atoms with Crippen LogP contribution in [0.15, 0.2) is 35.7 Å². The van der Waals surface area contributed by atoms with E-state index in [1.807, 2.05) is 18.3 Å². The maximum absolute atomic E-state index is 5.61. The summed E-state index contributed by atoms with van der Waals surface area (Å²) < 4.78 is 5.61. The quantitative estimate of drug-likeness (QED) is 0.414. The largest absolute Gasteiger partial charge is 0.490 e. The first-order chi connectivity index (χ1) is 11.8. The van der Waals surface area contributed by atoms with E-state index >= 15 is 0 Å². The van der Waals surface area contributed by atoms with Crippen LogP contribution in [0.4, 0.5) is 0 Å². The summed E-state index contributed by atoms with van der Waals surface area (Å²) in [5.74, 6) is 1.58. The molecule has 24 heavy (non-hydrogen) atoms. The second kappa shape index (κ2) is 10.6. The molecule has 2 aromatic rings. The highest BCUT2D eigenvalue weighted by Gasteiger charge is 2.01. The van der Waals surface area contributed by atoms with Crippen molar-refractivity contribution in [2.75, 3.05) is 26.2 Å². The Morgan fingerprint density at radius 2 is 2.21 bits per heavy atom. The first-order valence-electron chi connectivity index (χ1n) is 8.30. The van der Waals surface area contributed by atoms with Gasteiger partial charge in [0.2, 0.25) is 0 Å². The summed E-state index contributed by atoms with van der Waals surface area (Å²) in [5, 5.41) is 7.65. The highest BCUT2D eigenvalue weighted by atomic mass is 32.1. The summed E-state index contributed by atoms with van der Waals surface area (Å²) >= 11 is 1.77. The van der Waals surface area contributed by atoms with Crippen molar-refractivity contribution in [3.8, 4) is 5.75 Å². The number of pyridine rings is 1. The van der Waals surface area contributed by atoms with Gasteiger partial charge in [-0.1, -0.05) is 6.92 Å². The molecular formula is C17H25N5OS. The Kier molecular flexibility index (Phi) is 8.03. The zero-order valence-electron chi connectivity index (χ0n) is 14.3. The van der Waals surface area contributed by atoms with Gasteiger partial charge in [0, 0.05) is 36.8 Å². The number of aliphatic imine (C=N–C) groups is 1. The van der Waals surface area contributed by atoms with E-state index in [1.165, 1.54) is 4.88 Å². The molecule has 130 valence electrons. The molecule has 7 heteroatoms. The van der Waals surface area contributed by atoms with Crippen LogP contribution < -0.4 is 15.4 Å². The number of hydrogen-bond acceptors (Lipinski definition) is 5. The molecule has 0 fully saturated rings. The van der Waals surface area contributed by atoms with E-state index in [9.17, 15) is 0 Å². The Morgan fingerprint density at radius 1 is 1.29 bits per heavy atom. The highest BCUT2D eigenvalue weighted by molar-refractivity contribution is 7.11. The summed E-state index contributed by atoms with van der Waals surface area (Å²) in [5.41, 5.74) is 0. The minimum Gasteiger partial charge on any atom is -0.490 e. The van der Waals surface area contributed by atoms with Gasteiger partial charge >= 0.3 is 0 Å². The van der Waals surface area contributed by atoms with Crippen LogP contribution in [0.5, 0.6) is 5.75 Å². The smallest absolute Gasteiger partial charge is 0.191 e. The topological polar surface area (TPSA) is 71.4 Å². The molecule has 2 rings (SSSR count). The predicted molar refractivity (Wildman–Crippen MR) is 98.9 cm³/mol. The predicted octanol–water partition coefficient (Wildman–Crippen LogP) is 2.28. The zero-order valence-corrected chi connectivity index (χ0v) is 15.1. The fourth-order valence-corrected chi connectivity index (χ4v) is 2.85. The molecule has 0 amide bonds. The van der Waals surface area contributed by atoms with E-state index in [0.29, 0.717) is 13.2 Å². The first kappa shape index (κ1) is 18.2. The van der Waals surface area contributed by atoms with Gasteiger partial charge in [0.25, 0.3) is 0 Å². The Bertz CT molecular complexity index is 614. The van der Waals surface area contributed by atoms with Crippen molar-refractivity contribution in [2.24, 2.45) is 4.99 Å². The van der Waals surface area contributed by atoms with Gasteiger partial charge in [-0.2, -0.15) is 0 Å². The fraction of sp³-hybridized carbons (Fsp3) is 0.471. The average Bonchev–Trinajstić information content (AvgIpc) is 3.07. The number of ether oxygens (including phenoxy) is 1. The van der Waals surface area contributed by atoms with Crippen molar-refractivity contribution in [3.05, 3.63) is 40.6 Å². The standard InChI is InChI=1S/C17H25N5OS/c1-3-15-13-22-16(24-15)7-9-20-17(19-4-2)21-10-11-23-14-6-5-8-18-12-14/h5-6,8,12-13H,3-4,7,9-11H2,1-2H3,(H2,19,20,21). The third-order valence-electron chi connectivity index (χ3n) is 3.19. The van der Waals surface area contributed by atoms with Gasteiger partial charge in [0.05, 0.1) is 17.7 Å². The van der Waals surface area contributed by atoms with Crippen molar-refractivity contribution >= 4 is 17.3 Å². The van der Waals surface area contributed by atoms with Gasteiger partial charge in [-0.3, -0.25) is 9.98 Å². The van der Waals surface area contributed by atoms with Gasteiger partial charge < -0.3 is 15.4 Å². The van der Waals surface area contributed by atoms with Crippen molar-refractivity contribution in [3.63, 3.8) is 0 Å². The minimum atomic E-state index is 0.558. The molecule has 2 N–H and O–H groups in total. The maximum Gasteiger partial charge on any atom is 0.191 e. The summed E-state index contributed by atoms with van der Waals surface area (Å²) in [6.45, 7) is 6.98. The first-order valence-corrected chi connectivity index (χ1v) is 9.12. The number of guanidine groups is 1. The maximum atomic E-state index is 5.61. The fourth-order valence-electron chi connectivity index (χ4n) is 2.00. The summed E-state index contributed by atoms with van der Waals surface area (Å²) in [6.07, 6.45) is 7.31. The van der Waals surface area contributed by atoms with E-state index in [1.54, 1.807) is 23.7 Å². The Labute approximate surface area is 147 Å². The van der Waals surface area contributed by atoms with Gasteiger partial charge in [-0.05, 0) is 25.5 Å². The summed E-state index contributed by atoms with van der Waals surface area (Å²) in [4.78, 5) is 14.3. The summed E-state index contributed by atoms with van der Waals surface area (Å²) in [6, 6.07) is 3.75. The molecule has 0 aliphatic carbocycles. The zero-order chi connectivity index (χ0) is 17.0. The second-order valence-electron chi connectivity index (χ2n) is 5.05. The molecule has 0 atom stereocenters. The molecule has 0 saturated carbocycles. The van der Waals surface area contributed by atoms with Crippen LogP contribution in [0.2, 0.25) is 0 Å². The monoisotopic (exact) mass is 347 g/mol. The lowest BCUT2D eigenvalue weighted by Gasteiger charge is -2.11. The number of nitrogens with one attached hydrogen (secondary N) is 2. The third kappa shape index (κ3) is 6.54. The van der Waals surface area contributed by atoms with Crippen molar-refractivity contribution in [1.29, 1.82) is 0 Å². The number of rotatable bonds is 9. The lowest BCUT2D eigenvalue weighted by Crippen LogP contribution is -2.39. The second-order valence-corrected chi connectivity index (χ2v) is 6.25. The number of aryl methyl sites for hydroxylation is 1. The van der Waals surface area contributed by atoms with Crippen molar-refractivity contribution in [1.82, 2.24) is 20.6 Å². The molecule has 2 aromatic heterocycles. The molecule has 0 aromatic carbocycles. The van der Waals surface area contributed by atoms with Crippen LogP contribution in [0.1, 0.15) is 23.7 Å². The van der Waals surface area contributed by atoms with Gasteiger partial charge in [0.1, 0.15) is 12.4 Å². The third-order valence-corrected chi connectivity index (χ3v) is 4.39. The van der Waals surface area contributed by atoms with Crippen molar-refractivity contribution in [2.45, 2.75) is 26.7 Å². The van der Waals surface area contributed by atoms with Gasteiger partial charge in [0.15, 0.2) is 5.96 Å². The van der Waals surface area contributed by atoms with Gasteiger partial charge in [-0.15, -0.1) is 11.3 Å². The van der Waals surface area contributed by atoms with Crippen LogP contribution in [-0.2, 0) is 12.8 Å². The number of hydrogen-bond donors (Lipinski definition) is 2. The van der Waals surface area contributed by atoms with Crippen LogP contribution in [-0.4, -0.2) is 42.2 Å². The molecule has 0 saturated heterocycles. The SMILES string of the molecule is CCNC(=NCCc1ncc(CC)s1)NCCOc1cccnc1. The Balaban J connectivity index is 1.71. The van der Waals surface area contributed by atoms with Gasteiger partial charge in [-0.25, -0.2) is 4.98 Å². The molecule has 0 unspecified atom stereocenters. The molecule has 0 bridgehead atoms. The van der Waals surface area contributed by atoms with E-state index in [2.05, 4.69) is 39.4 Å². The summed E-state index contributed by atoms with van der Waals surface area (Å²) in [7, 11) is 0. The number of thiazole rings is 1. The lowest BCUT2D eigenvalue weighted by molar-refractivity contribution is 0.320. The Morgan fingerprint density at radius 3 is 2.92 bits per heavy atom. The molecule has 6 nitrogen and oxygen atoms in total. The molecule has 0 radical (unpaired) electrons. The average molecular weight is 347 g/mol. The number of nitrogens with zero attached hydrogens (tertiary/aromatic N) is 3. The molecule has 0 aliphatic rings. The van der Waals surface area contributed by atoms with E-state index < -0.39 is 0 Å². The molecule has 2 heterocycles. The molecular weight excluding hydrogens is 322 g/mol. The van der Waals surface area contributed by atoms with E-state index in [4.69, 9.17) is 4.74 Å². The Hall–Kier alpha value is -2.15. The normalized spacial score (nSPS) is 11.3. The molecule has 0 aliphatic heterocycles. The number of aromatic nitrogens is 2. The van der Waals surface area contributed by atoms with Crippen LogP contribution in [0, 0.1) is 0 Å². The van der Waals surface area contributed by atoms with Crippen LogP contribution in [0.3, 0.4) is 0 Å². The molecule has 0 spiro atoms.